The van der Waals surface area contributed by atoms with Crippen LogP contribution in [0.25, 0.3) is 16.7 Å². The molecule has 2 aromatic heterocycles. The Bertz CT molecular complexity index is 830. The van der Waals surface area contributed by atoms with Gasteiger partial charge in [-0.25, -0.2) is 9.67 Å². The highest BCUT2D eigenvalue weighted by Crippen LogP contribution is 2.25. The average molecular weight is 265 g/mol. The van der Waals surface area contributed by atoms with Crippen LogP contribution >= 0.6 is 0 Å². The molecular weight excluding hydrogens is 250 g/mol. The molecule has 4 rings (SSSR count). The van der Waals surface area contributed by atoms with Gasteiger partial charge in [0.1, 0.15) is 0 Å². The molecule has 1 aromatic carbocycles. The lowest BCUT2D eigenvalue weighted by Gasteiger charge is -2.14. The van der Waals surface area contributed by atoms with Crippen molar-refractivity contribution in [1.82, 2.24) is 14.8 Å². The molecule has 0 saturated carbocycles. The van der Waals surface area contributed by atoms with E-state index in [0.717, 1.165) is 30.3 Å². The predicted octanol–water partition coefficient (Wildman–Crippen LogP) is 2.59. The molecule has 0 aliphatic heterocycles. The first-order chi connectivity index (χ1) is 9.84. The Hall–Kier alpha value is -2.36. The van der Waals surface area contributed by atoms with E-state index in [1.165, 1.54) is 17.5 Å². The molecule has 1 aliphatic carbocycles. The van der Waals surface area contributed by atoms with E-state index in [1.54, 1.807) is 4.68 Å². The maximum Gasteiger partial charge on any atom is 0.281 e. The zero-order valence-corrected chi connectivity index (χ0v) is 11.1. The minimum absolute atomic E-state index is 0.0115. The Kier molecular flexibility index (Phi) is 2.49. The van der Waals surface area contributed by atoms with Crippen molar-refractivity contribution in [2.45, 2.75) is 25.7 Å². The van der Waals surface area contributed by atoms with E-state index in [2.05, 4.69) is 10.1 Å². The van der Waals surface area contributed by atoms with Crippen molar-refractivity contribution < 1.29 is 0 Å². The topological polar surface area (TPSA) is 50.7 Å². The van der Waals surface area contributed by atoms with Gasteiger partial charge >= 0.3 is 0 Å². The molecule has 0 atom stereocenters. The minimum atomic E-state index is 0.0115. The first kappa shape index (κ1) is 11.5. The molecule has 1 N–H and O–H groups in total. The van der Waals surface area contributed by atoms with Gasteiger partial charge in [-0.05, 0) is 48.9 Å². The number of pyridine rings is 1. The van der Waals surface area contributed by atoms with E-state index in [4.69, 9.17) is 0 Å². The Labute approximate surface area is 116 Å². The first-order valence-electron chi connectivity index (χ1n) is 7.01. The standard InChI is InChI=1S/C16H15N3O/c20-16-14-13-9-5-4-6-11(13)10-17-15(14)18-19(16)12-7-2-1-3-8-12/h1-3,7-8,10H,4-6,9H2,(H,17,18). The first-order valence-corrected chi connectivity index (χ1v) is 7.01. The number of fused-ring (bicyclic) bond motifs is 3. The molecule has 0 spiro atoms. The molecule has 0 fully saturated rings. The maximum atomic E-state index is 12.7. The van der Waals surface area contributed by atoms with Crippen molar-refractivity contribution in [2.75, 3.05) is 0 Å². The molecule has 4 nitrogen and oxygen atoms in total. The van der Waals surface area contributed by atoms with Gasteiger partial charge in [0.25, 0.3) is 5.56 Å². The third-order valence-electron chi connectivity index (χ3n) is 4.05. The van der Waals surface area contributed by atoms with Gasteiger partial charge in [-0.2, -0.15) is 0 Å². The number of H-pyrrole nitrogens is 1. The van der Waals surface area contributed by atoms with E-state index in [0.29, 0.717) is 5.65 Å². The van der Waals surface area contributed by atoms with Gasteiger partial charge < -0.3 is 0 Å². The predicted molar refractivity (Wildman–Crippen MR) is 78.3 cm³/mol. The highest BCUT2D eigenvalue weighted by atomic mass is 16.1. The molecule has 3 aromatic rings. The van der Waals surface area contributed by atoms with E-state index in [9.17, 15) is 4.79 Å². The Morgan fingerprint density at radius 1 is 1.10 bits per heavy atom. The normalized spacial score (nSPS) is 14.4. The quantitative estimate of drug-likeness (QED) is 0.735. The summed E-state index contributed by atoms with van der Waals surface area (Å²) in [7, 11) is 0. The molecule has 100 valence electrons. The largest absolute Gasteiger partial charge is 0.281 e. The van der Waals surface area contributed by atoms with Crippen LogP contribution in [-0.2, 0) is 12.8 Å². The number of aromatic nitrogens is 3. The lowest BCUT2D eigenvalue weighted by Crippen LogP contribution is -2.16. The van der Waals surface area contributed by atoms with Crippen LogP contribution in [0.15, 0.2) is 41.3 Å². The van der Waals surface area contributed by atoms with Crippen LogP contribution in [0.1, 0.15) is 24.0 Å². The van der Waals surface area contributed by atoms with Crippen molar-refractivity contribution >= 4 is 11.0 Å². The summed E-state index contributed by atoms with van der Waals surface area (Å²) in [6.07, 6.45) is 6.28. The number of rotatable bonds is 1. The number of aryl methyl sites for hydroxylation is 2. The molecule has 1 aliphatic rings. The molecule has 0 saturated heterocycles. The number of aromatic amines is 1. The van der Waals surface area contributed by atoms with Gasteiger partial charge in [0.2, 0.25) is 0 Å². The van der Waals surface area contributed by atoms with Crippen molar-refractivity contribution in [1.29, 1.82) is 0 Å². The number of nitrogens with one attached hydrogen (secondary N) is 1. The second kappa shape index (κ2) is 4.34. The summed E-state index contributed by atoms with van der Waals surface area (Å²) in [5.74, 6) is 0. The minimum Gasteiger partial charge on any atom is -0.274 e. The zero-order valence-electron chi connectivity index (χ0n) is 11.1. The SMILES string of the molecule is O=c1c2c3c(cnc2[nH]n1-c1ccccc1)CCCC3. The lowest BCUT2D eigenvalue weighted by atomic mass is 9.91. The fourth-order valence-electron chi connectivity index (χ4n) is 3.05. The summed E-state index contributed by atoms with van der Waals surface area (Å²) in [5.41, 5.74) is 3.98. The van der Waals surface area contributed by atoms with Gasteiger partial charge in [-0.15, -0.1) is 0 Å². The highest BCUT2D eigenvalue weighted by Gasteiger charge is 2.18. The third kappa shape index (κ3) is 1.61. The fraction of sp³-hybridized carbons (Fsp3) is 0.250. The fourth-order valence-corrected chi connectivity index (χ4v) is 3.05. The number of benzene rings is 1. The van der Waals surface area contributed by atoms with Gasteiger partial charge in [0.15, 0.2) is 5.65 Å². The number of hydrogen-bond donors (Lipinski definition) is 1. The number of nitrogens with zero attached hydrogens (tertiary/aromatic N) is 2. The van der Waals surface area contributed by atoms with Crippen LogP contribution in [0.2, 0.25) is 0 Å². The third-order valence-corrected chi connectivity index (χ3v) is 4.05. The van der Waals surface area contributed by atoms with Gasteiger partial charge in [0, 0.05) is 6.20 Å². The van der Waals surface area contributed by atoms with Crippen molar-refractivity contribution in [3.05, 3.63) is 58.0 Å². The number of hydrogen-bond acceptors (Lipinski definition) is 2. The van der Waals surface area contributed by atoms with E-state index in [-0.39, 0.29) is 5.56 Å². The number of para-hydroxylation sites is 1. The van der Waals surface area contributed by atoms with Crippen LogP contribution in [0.3, 0.4) is 0 Å². The van der Waals surface area contributed by atoms with Crippen molar-refractivity contribution in [2.24, 2.45) is 0 Å². The zero-order chi connectivity index (χ0) is 13.5. The Morgan fingerprint density at radius 3 is 2.75 bits per heavy atom. The van der Waals surface area contributed by atoms with E-state index < -0.39 is 0 Å². The average Bonchev–Trinajstić information content (AvgIpc) is 2.86. The van der Waals surface area contributed by atoms with Crippen LogP contribution in [-0.4, -0.2) is 14.8 Å². The molecule has 20 heavy (non-hydrogen) atoms. The molecular formula is C16H15N3O. The molecule has 4 heteroatoms. The maximum absolute atomic E-state index is 12.7. The summed E-state index contributed by atoms with van der Waals surface area (Å²) in [4.78, 5) is 17.1. The molecule has 0 amide bonds. The monoisotopic (exact) mass is 265 g/mol. The summed E-state index contributed by atoms with van der Waals surface area (Å²) < 4.78 is 1.59. The van der Waals surface area contributed by atoms with Crippen LogP contribution < -0.4 is 5.56 Å². The second-order valence-corrected chi connectivity index (χ2v) is 5.28. The Morgan fingerprint density at radius 2 is 1.90 bits per heavy atom. The van der Waals surface area contributed by atoms with Crippen LogP contribution in [0.5, 0.6) is 0 Å². The molecule has 0 unspecified atom stereocenters. The summed E-state index contributed by atoms with van der Waals surface area (Å²) in [5, 5.41) is 3.89. The van der Waals surface area contributed by atoms with Gasteiger partial charge in [-0.1, -0.05) is 18.2 Å². The summed E-state index contributed by atoms with van der Waals surface area (Å²) in [6, 6.07) is 9.64. The Balaban J connectivity index is 2.02. The lowest BCUT2D eigenvalue weighted by molar-refractivity contribution is 0.687. The van der Waals surface area contributed by atoms with Crippen molar-refractivity contribution in [3.8, 4) is 5.69 Å². The van der Waals surface area contributed by atoms with Crippen molar-refractivity contribution in [3.63, 3.8) is 0 Å². The smallest absolute Gasteiger partial charge is 0.274 e. The molecule has 0 radical (unpaired) electrons. The highest BCUT2D eigenvalue weighted by molar-refractivity contribution is 5.80. The van der Waals surface area contributed by atoms with E-state index >= 15 is 0 Å². The summed E-state index contributed by atoms with van der Waals surface area (Å²) >= 11 is 0. The molecule has 2 heterocycles. The summed E-state index contributed by atoms with van der Waals surface area (Å²) in [6.45, 7) is 0. The van der Waals surface area contributed by atoms with Gasteiger partial charge in [0.05, 0.1) is 11.1 Å². The second-order valence-electron chi connectivity index (χ2n) is 5.28. The van der Waals surface area contributed by atoms with Crippen LogP contribution in [0, 0.1) is 0 Å². The van der Waals surface area contributed by atoms with Crippen LogP contribution in [0.4, 0.5) is 0 Å². The van der Waals surface area contributed by atoms with E-state index in [1.807, 2.05) is 36.5 Å². The van der Waals surface area contributed by atoms with Gasteiger partial charge in [-0.3, -0.25) is 9.89 Å². The molecule has 0 bridgehead atoms.